The van der Waals surface area contributed by atoms with E-state index in [0.29, 0.717) is 19.6 Å². The summed E-state index contributed by atoms with van der Waals surface area (Å²) < 4.78 is 2.05. The van der Waals surface area contributed by atoms with Crippen molar-refractivity contribution in [3.05, 3.63) is 30.6 Å². The van der Waals surface area contributed by atoms with E-state index in [0.717, 1.165) is 30.4 Å². The monoisotopic (exact) mass is 356 g/mol. The van der Waals surface area contributed by atoms with Crippen LogP contribution in [0.1, 0.15) is 33.6 Å². The van der Waals surface area contributed by atoms with Crippen molar-refractivity contribution in [1.29, 1.82) is 0 Å². The molecule has 1 aromatic heterocycles. The van der Waals surface area contributed by atoms with Gasteiger partial charge in [-0.05, 0) is 25.0 Å². The van der Waals surface area contributed by atoms with Gasteiger partial charge in [0, 0.05) is 31.6 Å². The fourth-order valence-corrected chi connectivity index (χ4v) is 3.48. The average Bonchev–Trinajstić information content (AvgIpc) is 3.03. The Kier molecular flexibility index (Phi) is 5.30. The number of hydrogen-bond acceptors (Lipinski definition) is 3. The maximum absolute atomic E-state index is 12.5. The number of fused-ring (bicyclic) bond motifs is 1. The Morgan fingerprint density at radius 2 is 2.04 bits per heavy atom. The van der Waals surface area contributed by atoms with Gasteiger partial charge in [-0.2, -0.15) is 0 Å². The number of rotatable bonds is 4. The summed E-state index contributed by atoms with van der Waals surface area (Å²) in [7, 11) is 0. The van der Waals surface area contributed by atoms with E-state index in [1.807, 2.05) is 54.5 Å². The predicted octanol–water partition coefficient (Wildman–Crippen LogP) is 2.44. The molecular weight excluding hydrogens is 328 g/mol. The molecule has 3 rings (SSSR count). The molecule has 26 heavy (non-hydrogen) atoms. The van der Waals surface area contributed by atoms with Crippen molar-refractivity contribution in [2.75, 3.05) is 19.6 Å². The van der Waals surface area contributed by atoms with Crippen LogP contribution in [0.15, 0.2) is 30.6 Å². The van der Waals surface area contributed by atoms with Gasteiger partial charge in [-0.1, -0.05) is 32.9 Å². The van der Waals surface area contributed by atoms with Gasteiger partial charge in [0.25, 0.3) is 0 Å². The third-order valence-electron chi connectivity index (χ3n) is 4.90. The first-order chi connectivity index (χ1) is 12.4. The SMILES string of the molecule is CC(C)(C)C(=O)N1CCCC(C(=O)NCCn2cnc3ccccc32)C1. The number of para-hydroxylation sites is 2. The Balaban J connectivity index is 1.52. The van der Waals surface area contributed by atoms with Crippen LogP contribution in [-0.4, -0.2) is 45.9 Å². The van der Waals surface area contributed by atoms with Gasteiger partial charge >= 0.3 is 0 Å². The zero-order chi connectivity index (χ0) is 18.7. The van der Waals surface area contributed by atoms with Gasteiger partial charge in [-0.15, -0.1) is 0 Å². The summed E-state index contributed by atoms with van der Waals surface area (Å²) in [5.74, 6) is 0.0512. The molecule has 0 saturated carbocycles. The summed E-state index contributed by atoms with van der Waals surface area (Å²) in [4.78, 5) is 31.2. The second kappa shape index (κ2) is 7.48. The molecule has 2 heterocycles. The number of benzene rings is 1. The fraction of sp³-hybridized carbons (Fsp3) is 0.550. The maximum atomic E-state index is 12.5. The van der Waals surface area contributed by atoms with E-state index >= 15 is 0 Å². The van der Waals surface area contributed by atoms with E-state index in [9.17, 15) is 9.59 Å². The smallest absolute Gasteiger partial charge is 0.227 e. The quantitative estimate of drug-likeness (QED) is 0.915. The van der Waals surface area contributed by atoms with Crippen LogP contribution in [0.2, 0.25) is 0 Å². The molecule has 1 N–H and O–H groups in total. The summed E-state index contributed by atoms with van der Waals surface area (Å²) in [6.45, 7) is 8.29. The number of carbonyl (C=O) groups is 2. The number of aromatic nitrogens is 2. The zero-order valence-corrected chi connectivity index (χ0v) is 15.9. The van der Waals surface area contributed by atoms with Gasteiger partial charge < -0.3 is 14.8 Å². The van der Waals surface area contributed by atoms with Crippen molar-refractivity contribution < 1.29 is 9.59 Å². The van der Waals surface area contributed by atoms with E-state index in [1.165, 1.54) is 0 Å². The maximum Gasteiger partial charge on any atom is 0.227 e. The van der Waals surface area contributed by atoms with Crippen LogP contribution in [0.4, 0.5) is 0 Å². The van der Waals surface area contributed by atoms with Crippen LogP contribution >= 0.6 is 0 Å². The van der Waals surface area contributed by atoms with E-state index in [1.54, 1.807) is 6.33 Å². The second-order valence-electron chi connectivity index (χ2n) is 8.06. The van der Waals surface area contributed by atoms with Gasteiger partial charge in [0.15, 0.2) is 0 Å². The molecule has 140 valence electrons. The summed E-state index contributed by atoms with van der Waals surface area (Å²) in [6.07, 6.45) is 3.53. The van der Waals surface area contributed by atoms with Crippen LogP contribution in [0.3, 0.4) is 0 Å². The van der Waals surface area contributed by atoms with Crippen molar-refractivity contribution in [2.45, 2.75) is 40.2 Å². The highest BCUT2D eigenvalue weighted by atomic mass is 16.2. The number of likely N-dealkylation sites (tertiary alicyclic amines) is 1. The minimum Gasteiger partial charge on any atom is -0.354 e. The van der Waals surface area contributed by atoms with Crippen LogP contribution < -0.4 is 5.32 Å². The molecule has 1 atom stereocenters. The Hall–Kier alpha value is -2.37. The van der Waals surface area contributed by atoms with Crippen molar-refractivity contribution in [2.24, 2.45) is 11.3 Å². The molecule has 6 nitrogen and oxygen atoms in total. The average molecular weight is 356 g/mol. The zero-order valence-electron chi connectivity index (χ0n) is 15.9. The third-order valence-corrected chi connectivity index (χ3v) is 4.90. The highest BCUT2D eigenvalue weighted by Crippen LogP contribution is 2.23. The molecule has 1 aliphatic rings. The molecule has 2 amide bonds. The standard InChI is InChI=1S/C20H28N4O2/c1-20(2,3)19(26)23-11-6-7-15(13-23)18(25)21-10-12-24-14-22-16-8-4-5-9-17(16)24/h4-5,8-9,14-15H,6-7,10-13H2,1-3H3,(H,21,25). The molecule has 1 aliphatic heterocycles. The molecular formula is C20H28N4O2. The molecule has 6 heteroatoms. The lowest BCUT2D eigenvalue weighted by molar-refractivity contribution is -0.142. The molecule has 0 aliphatic carbocycles. The summed E-state index contributed by atoms with van der Waals surface area (Å²) in [5, 5.41) is 3.03. The van der Waals surface area contributed by atoms with Gasteiger partial charge in [-0.25, -0.2) is 4.98 Å². The third kappa shape index (κ3) is 4.06. The van der Waals surface area contributed by atoms with Crippen LogP contribution in [0.5, 0.6) is 0 Å². The topological polar surface area (TPSA) is 67.2 Å². The highest BCUT2D eigenvalue weighted by Gasteiger charge is 2.33. The Labute approximate surface area is 154 Å². The minimum atomic E-state index is -0.402. The van der Waals surface area contributed by atoms with E-state index in [4.69, 9.17) is 0 Å². The lowest BCUT2D eigenvalue weighted by Gasteiger charge is -2.35. The molecule has 0 radical (unpaired) electrons. The first-order valence-electron chi connectivity index (χ1n) is 9.33. The lowest BCUT2D eigenvalue weighted by Crippen LogP contribution is -2.49. The molecule has 1 fully saturated rings. The van der Waals surface area contributed by atoms with Gasteiger partial charge in [-0.3, -0.25) is 9.59 Å². The Morgan fingerprint density at radius 1 is 1.27 bits per heavy atom. The highest BCUT2D eigenvalue weighted by molar-refractivity contribution is 5.84. The number of imidazole rings is 1. The van der Waals surface area contributed by atoms with Crippen molar-refractivity contribution >= 4 is 22.8 Å². The molecule has 0 spiro atoms. The van der Waals surface area contributed by atoms with Crippen LogP contribution in [0, 0.1) is 11.3 Å². The van der Waals surface area contributed by atoms with Gasteiger partial charge in [0.2, 0.25) is 11.8 Å². The first-order valence-corrected chi connectivity index (χ1v) is 9.33. The number of hydrogen-bond donors (Lipinski definition) is 1. The molecule has 2 aromatic rings. The first kappa shape index (κ1) is 18.4. The number of piperidine rings is 1. The normalized spacial score (nSPS) is 18.1. The Bertz CT molecular complexity index is 790. The van der Waals surface area contributed by atoms with Crippen molar-refractivity contribution in [3.8, 4) is 0 Å². The van der Waals surface area contributed by atoms with E-state index in [2.05, 4.69) is 10.3 Å². The van der Waals surface area contributed by atoms with E-state index < -0.39 is 5.41 Å². The van der Waals surface area contributed by atoms with Gasteiger partial charge in [0.1, 0.15) is 0 Å². The molecule has 0 bridgehead atoms. The fourth-order valence-electron chi connectivity index (χ4n) is 3.48. The van der Waals surface area contributed by atoms with Crippen molar-refractivity contribution in [1.82, 2.24) is 19.8 Å². The number of nitrogens with zero attached hydrogens (tertiary/aromatic N) is 3. The minimum absolute atomic E-state index is 0.0424. The van der Waals surface area contributed by atoms with E-state index in [-0.39, 0.29) is 17.7 Å². The summed E-state index contributed by atoms with van der Waals surface area (Å²) >= 11 is 0. The number of nitrogens with one attached hydrogen (secondary N) is 1. The summed E-state index contributed by atoms with van der Waals surface area (Å²) in [5.41, 5.74) is 1.63. The van der Waals surface area contributed by atoms with Gasteiger partial charge in [0.05, 0.1) is 23.3 Å². The summed E-state index contributed by atoms with van der Waals surface area (Å²) in [6, 6.07) is 7.96. The molecule has 1 aromatic carbocycles. The molecule has 1 unspecified atom stereocenters. The predicted molar refractivity (Wildman–Crippen MR) is 102 cm³/mol. The number of carbonyl (C=O) groups excluding carboxylic acids is 2. The van der Waals surface area contributed by atoms with Crippen molar-refractivity contribution in [3.63, 3.8) is 0 Å². The Morgan fingerprint density at radius 3 is 2.81 bits per heavy atom. The molecule has 1 saturated heterocycles. The largest absolute Gasteiger partial charge is 0.354 e. The van der Waals surface area contributed by atoms with Crippen LogP contribution in [-0.2, 0) is 16.1 Å². The lowest BCUT2D eigenvalue weighted by atomic mass is 9.91. The van der Waals surface area contributed by atoms with Crippen LogP contribution in [0.25, 0.3) is 11.0 Å². The second-order valence-corrected chi connectivity index (χ2v) is 8.06. The number of amides is 2.